The fraction of sp³-hybridized carbons (Fsp3) is 1.00. The molecule has 2 nitrogen and oxygen atoms in total. The molecule has 2 atom stereocenters. The minimum Gasteiger partial charge on any atom is -0.363 e. The Morgan fingerprint density at radius 3 is 2.25 bits per heavy atom. The average molecular weight is 178 g/mol. The number of aliphatic hydroxyl groups is 1. The summed E-state index contributed by atoms with van der Waals surface area (Å²) in [7, 11) is 0. The van der Waals surface area contributed by atoms with E-state index in [2.05, 4.69) is 0 Å². The zero-order valence-electron chi connectivity index (χ0n) is 6.72. The Morgan fingerprint density at radius 2 is 2.00 bits per heavy atom. The van der Waals surface area contributed by atoms with Crippen molar-refractivity contribution in [3.8, 4) is 0 Å². The van der Waals surface area contributed by atoms with Crippen LogP contribution in [-0.2, 0) is 4.74 Å². The molecule has 2 rings (SSSR count). The molecule has 2 saturated carbocycles. The lowest BCUT2D eigenvalue weighted by molar-refractivity contribution is -0.375. The van der Waals surface area contributed by atoms with E-state index in [1.54, 1.807) is 0 Å². The van der Waals surface area contributed by atoms with E-state index in [4.69, 9.17) is 4.74 Å². The Balaban J connectivity index is 1.93. The zero-order chi connectivity index (χ0) is 8.82. The van der Waals surface area contributed by atoms with Gasteiger partial charge in [0.25, 0.3) is 0 Å². The van der Waals surface area contributed by atoms with Crippen molar-refractivity contribution in [3.63, 3.8) is 0 Å². The maximum Gasteiger partial charge on any atom is 0.212 e. The summed E-state index contributed by atoms with van der Waals surface area (Å²) in [4.78, 5) is 0. The van der Waals surface area contributed by atoms with Gasteiger partial charge in [-0.3, -0.25) is 0 Å². The predicted molar refractivity (Wildman–Crippen MR) is 37.9 cm³/mol. The van der Waals surface area contributed by atoms with Crippen molar-refractivity contribution >= 4 is 0 Å². The molecule has 2 aliphatic carbocycles. The molecule has 2 unspecified atom stereocenters. The molecular weight excluding hydrogens is 166 g/mol. The van der Waals surface area contributed by atoms with E-state index < -0.39 is 17.8 Å². The Morgan fingerprint density at radius 1 is 1.33 bits per heavy atom. The second-order valence-electron chi connectivity index (χ2n) is 3.69. The molecule has 12 heavy (non-hydrogen) atoms. The molecule has 2 aliphatic rings. The van der Waals surface area contributed by atoms with E-state index in [1.165, 1.54) is 0 Å². The first-order chi connectivity index (χ1) is 5.54. The van der Waals surface area contributed by atoms with E-state index in [0.717, 1.165) is 6.42 Å². The van der Waals surface area contributed by atoms with Crippen LogP contribution in [0.2, 0.25) is 0 Å². The van der Waals surface area contributed by atoms with Crippen LogP contribution in [0.15, 0.2) is 0 Å². The molecule has 0 radical (unpaired) electrons. The van der Waals surface area contributed by atoms with Gasteiger partial charge in [-0.2, -0.15) is 0 Å². The summed E-state index contributed by atoms with van der Waals surface area (Å²) in [5.41, 5.74) is 0. The van der Waals surface area contributed by atoms with Crippen molar-refractivity contribution in [1.29, 1.82) is 0 Å². The maximum absolute atomic E-state index is 13.2. The Bertz CT molecular complexity index is 193. The number of hydrogen-bond donors (Lipinski definition) is 1. The highest BCUT2D eigenvalue weighted by Gasteiger charge is 2.54. The van der Waals surface area contributed by atoms with Crippen LogP contribution in [0.1, 0.15) is 32.1 Å². The molecule has 2 fully saturated rings. The summed E-state index contributed by atoms with van der Waals surface area (Å²) < 4.78 is 30.7. The quantitative estimate of drug-likeness (QED) is 0.652. The summed E-state index contributed by atoms with van der Waals surface area (Å²) in [5, 5.41) is 9.34. The lowest BCUT2D eigenvalue weighted by Gasteiger charge is -2.46. The summed E-state index contributed by atoms with van der Waals surface area (Å²) in [5.74, 6) is -3.57. The van der Waals surface area contributed by atoms with Gasteiger partial charge in [-0.05, 0) is 12.8 Å². The smallest absolute Gasteiger partial charge is 0.212 e. The first-order valence-corrected chi connectivity index (χ1v) is 4.30. The van der Waals surface area contributed by atoms with Crippen molar-refractivity contribution < 1.29 is 18.6 Å². The van der Waals surface area contributed by atoms with Crippen molar-refractivity contribution in [3.05, 3.63) is 0 Å². The van der Waals surface area contributed by atoms with Gasteiger partial charge in [-0.15, -0.1) is 0 Å². The molecule has 4 heteroatoms. The molecular formula is C8H12F2O2. The van der Waals surface area contributed by atoms with Gasteiger partial charge in [-0.1, -0.05) is 0 Å². The molecule has 0 amide bonds. The van der Waals surface area contributed by atoms with Crippen LogP contribution in [-0.4, -0.2) is 22.9 Å². The van der Waals surface area contributed by atoms with E-state index in [9.17, 15) is 13.9 Å². The van der Waals surface area contributed by atoms with Gasteiger partial charge < -0.3 is 9.84 Å². The summed E-state index contributed by atoms with van der Waals surface area (Å²) in [6.45, 7) is 0. The van der Waals surface area contributed by atoms with Crippen LogP contribution in [0, 0.1) is 0 Å². The third kappa shape index (κ3) is 1.13. The van der Waals surface area contributed by atoms with E-state index in [0.29, 0.717) is 0 Å². The second kappa shape index (κ2) is 2.39. The molecule has 0 bridgehead atoms. The zero-order valence-corrected chi connectivity index (χ0v) is 6.72. The van der Waals surface area contributed by atoms with Gasteiger partial charge in [0.05, 0.1) is 0 Å². The molecule has 0 spiro atoms. The number of alkyl halides is 2. The lowest BCUT2D eigenvalue weighted by Crippen LogP contribution is -2.57. The summed E-state index contributed by atoms with van der Waals surface area (Å²) in [6, 6.07) is 0. The highest BCUT2D eigenvalue weighted by molar-refractivity contribution is 4.93. The van der Waals surface area contributed by atoms with Gasteiger partial charge >= 0.3 is 0 Å². The Kier molecular flexibility index (Phi) is 1.67. The van der Waals surface area contributed by atoms with E-state index >= 15 is 0 Å². The van der Waals surface area contributed by atoms with Crippen molar-refractivity contribution in [1.82, 2.24) is 0 Å². The minimum atomic E-state index is -1.82. The fourth-order valence-electron chi connectivity index (χ4n) is 1.49. The summed E-state index contributed by atoms with van der Waals surface area (Å²) >= 11 is 0. The number of ether oxygens (including phenoxy) is 1. The molecule has 0 heterocycles. The Labute approximate surface area is 69.5 Å². The van der Waals surface area contributed by atoms with Crippen LogP contribution >= 0.6 is 0 Å². The van der Waals surface area contributed by atoms with Crippen LogP contribution in [0.4, 0.5) is 8.78 Å². The van der Waals surface area contributed by atoms with Crippen molar-refractivity contribution in [2.45, 2.75) is 49.9 Å². The fourth-order valence-corrected chi connectivity index (χ4v) is 1.49. The van der Waals surface area contributed by atoms with Crippen LogP contribution in [0.5, 0.6) is 0 Å². The average Bonchev–Trinajstić information content (AvgIpc) is 1.99. The largest absolute Gasteiger partial charge is 0.363 e. The molecule has 0 aliphatic heterocycles. The monoisotopic (exact) mass is 178 g/mol. The topological polar surface area (TPSA) is 29.5 Å². The van der Waals surface area contributed by atoms with Gasteiger partial charge in [0.1, 0.15) is 0 Å². The first kappa shape index (κ1) is 8.38. The van der Waals surface area contributed by atoms with Crippen LogP contribution in [0.25, 0.3) is 0 Å². The Hall–Kier alpha value is -0.220. The molecule has 0 saturated heterocycles. The molecule has 0 aromatic rings. The van der Waals surface area contributed by atoms with Crippen LogP contribution < -0.4 is 0 Å². The first-order valence-electron chi connectivity index (χ1n) is 4.30. The van der Waals surface area contributed by atoms with Crippen molar-refractivity contribution in [2.75, 3.05) is 0 Å². The number of rotatable bonds is 2. The van der Waals surface area contributed by atoms with Gasteiger partial charge in [0, 0.05) is 19.3 Å². The lowest BCUT2D eigenvalue weighted by atomic mass is 9.86. The predicted octanol–water partition coefficient (Wildman–Crippen LogP) is 1.67. The normalized spacial score (nSPS) is 44.8. The molecule has 1 N–H and O–H groups in total. The third-order valence-corrected chi connectivity index (χ3v) is 2.71. The number of hydrogen-bond acceptors (Lipinski definition) is 2. The van der Waals surface area contributed by atoms with Crippen molar-refractivity contribution in [2.24, 2.45) is 0 Å². The standard InChI is InChI=1S/C8H12F2O2/c9-6-2-5-8(6,11)12-7(10)3-1-4-7/h6,11H,1-5H2. The second-order valence-corrected chi connectivity index (χ2v) is 3.69. The van der Waals surface area contributed by atoms with E-state index in [-0.39, 0.29) is 25.7 Å². The third-order valence-electron chi connectivity index (χ3n) is 2.71. The maximum atomic E-state index is 13.2. The highest BCUT2D eigenvalue weighted by Crippen LogP contribution is 2.46. The SMILES string of the molecule is OC1(OC2(F)CCC2)CCC1F. The molecule has 0 aromatic heterocycles. The minimum absolute atomic E-state index is 0.208. The molecule has 0 aromatic carbocycles. The summed E-state index contributed by atoms with van der Waals surface area (Å²) in [6.07, 6.45) is 0.380. The van der Waals surface area contributed by atoms with Gasteiger partial charge in [-0.25, -0.2) is 8.78 Å². The van der Waals surface area contributed by atoms with E-state index in [1.807, 2.05) is 0 Å². The van der Waals surface area contributed by atoms with Gasteiger partial charge in [0.15, 0.2) is 6.17 Å². The van der Waals surface area contributed by atoms with Gasteiger partial charge in [0.2, 0.25) is 11.6 Å². The molecule has 70 valence electrons. The van der Waals surface area contributed by atoms with Crippen LogP contribution in [0.3, 0.4) is 0 Å². The highest BCUT2D eigenvalue weighted by atomic mass is 19.2. The number of halogens is 2.